The summed E-state index contributed by atoms with van der Waals surface area (Å²) in [5.74, 6) is 0. The lowest BCUT2D eigenvalue weighted by Crippen LogP contribution is -2.38. The third-order valence-corrected chi connectivity index (χ3v) is 5.10. The number of thiazole rings is 1. The van der Waals surface area contributed by atoms with Gasteiger partial charge in [0.15, 0.2) is 0 Å². The second kappa shape index (κ2) is 7.15. The zero-order valence-electron chi connectivity index (χ0n) is 10.7. The molecular formula is C10H20N4O2S2. The number of nitrogens with zero attached hydrogens (tertiary/aromatic N) is 2. The molecule has 0 amide bonds. The number of nitrogens with two attached hydrogens (primary N) is 1. The molecule has 0 atom stereocenters. The van der Waals surface area contributed by atoms with Gasteiger partial charge >= 0.3 is 0 Å². The number of hydrogen-bond acceptors (Lipinski definition) is 5. The first-order chi connectivity index (χ1) is 8.49. The van der Waals surface area contributed by atoms with Gasteiger partial charge in [0.25, 0.3) is 10.2 Å². The summed E-state index contributed by atoms with van der Waals surface area (Å²) in [6, 6.07) is 0. The third-order valence-electron chi connectivity index (χ3n) is 2.44. The number of aryl methyl sites for hydroxylation is 1. The van der Waals surface area contributed by atoms with Crippen molar-refractivity contribution in [3.63, 3.8) is 0 Å². The average Bonchev–Trinajstić information content (AvgIpc) is 2.81. The number of rotatable bonds is 8. The Labute approximate surface area is 112 Å². The fraction of sp³-hybridized carbons (Fsp3) is 0.700. The number of nitrogens with one attached hydrogen (secondary N) is 1. The summed E-state index contributed by atoms with van der Waals surface area (Å²) in [4.78, 5) is 5.32. The average molecular weight is 292 g/mol. The molecule has 1 heterocycles. The molecule has 0 aromatic carbocycles. The minimum atomic E-state index is -3.43. The van der Waals surface area contributed by atoms with E-state index in [1.165, 1.54) is 22.7 Å². The van der Waals surface area contributed by atoms with Crippen LogP contribution in [-0.2, 0) is 23.2 Å². The predicted molar refractivity (Wildman–Crippen MR) is 73.6 cm³/mol. The smallest absolute Gasteiger partial charge is 0.279 e. The van der Waals surface area contributed by atoms with E-state index < -0.39 is 10.2 Å². The topological polar surface area (TPSA) is 88.3 Å². The molecule has 0 fully saturated rings. The Bertz CT molecular complexity index is 458. The van der Waals surface area contributed by atoms with Crippen molar-refractivity contribution < 1.29 is 8.42 Å². The molecule has 3 N–H and O–H groups in total. The minimum Gasteiger partial charge on any atom is -0.330 e. The van der Waals surface area contributed by atoms with Gasteiger partial charge in [0.1, 0.15) is 5.01 Å². The van der Waals surface area contributed by atoms with Crippen LogP contribution in [0.15, 0.2) is 6.20 Å². The van der Waals surface area contributed by atoms with Gasteiger partial charge in [-0.1, -0.05) is 6.92 Å². The van der Waals surface area contributed by atoms with Crippen LogP contribution in [0.3, 0.4) is 0 Å². The second-order valence-corrected chi connectivity index (χ2v) is 6.93. The lowest BCUT2D eigenvalue weighted by Gasteiger charge is -2.16. The molecule has 0 saturated heterocycles. The van der Waals surface area contributed by atoms with Crippen molar-refractivity contribution in [3.8, 4) is 0 Å². The van der Waals surface area contributed by atoms with Crippen LogP contribution in [0.25, 0.3) is 0 Å². The first-order valence-corrected chi connectivity index (χ1v) is 8.09. The van der Waals surface area contributed by atoms with E-state index in [9.17, 15) is 8.42 Å². The van der Waals surface area contributed by atoms with Crippen molar-refractivity contribution in [1.29, 1.82) is 0 Å². The van der Waals surface area contributed by atoms with E-state index in [1.807, 2.05) is 6.92 Å². The van der Waals surface area contributed by atoms with E-state index in [1.54, 1.807) is 6.20 Å². The molecule has 0 aliphatic carbocycles. The lowest BCUT2D eigenvalue weighted by molar-refractivity contribution is 0.452. The van der Waals surface area contributed by atoms with Gasteiger partial charge in [-0.3, -0.25) is 0 Å². The maximum Gasteiger partial charge on any atom is 0.279 e. The van der Waals surface area contributed by atoms with Gasteiger partial charge in [0.05, 0.1) is 6.54 Å². The molecule has 0 spiro atoms. The maximum absolute atomic E-state index is 11.8. The van der Waals surface area contributed by atoms with Crippen molar-refractivity contribution >= 4 is 21.5 Å². The van der Waals surface area contributed by atoms with Gasteiger partial charge in [0.2, 0.25) is 0 Å². The Balaban J connectivity index is 2.50. The maximum atomic E-state index is 11.8. The molecule has 0 unspecified atom stereocenters. The Morgan fingerprint density at radius 3 is 2.83 bits per heavy atom. The number of hydrogen-bond donors (Lipinski definition) is 2. The van der Waals surface area contributed by atoms with Crippen molar-refractivity contribution in [3.05, 3.63) is 16.1 Å². The molecule has 0 bridgehead atoms. The molecule has 0 aliphatic heterocycles. The summed E-state index contributed by atoms with van der Waals surface area (Å²) in [6.45, 7) is 3.18. The first-order valence-electron chi connectivity index (χ1n) is 5.84. The summed E-state index contributed by atoms with van der Waals surface area (Å²) < 4.78 is 27.5. The van der Waals surface area contributed by atoms with Crippen LogP contribution < -0.4 is 10.5 Å². The molecule has 0 radical (unpaired) electrons. The minimum absolute atomic E-state index is 0.236. The van der Waals surface area contributed by atoms with E-state index in [4.69, 9.17) is 5.73 Å². The number of aromatic nitrogens is 1. The summed E-state index contributed by atoms with van der Waals surface area (Å²) >= 11 is 1.53. The first kappa shape index (κ1) is 15.5. The molecule has 1 rings (SSSR count). The highest BCUT2D eigenvalue weighted by Crippen LogP contribution is 2.13. The van der Waals surface area contributed by atoms with Gasteiger partial charge in [-0.2, -0.15) is 17.4 Å². The molecular weight excluding hydrogens is 272 g/mol. The van der Waals surface area contributed by atoms with E-state index in [0.717, 1.165) is 16.3 Å². The Morgan fingerprint density at radius 1 is 1.56 bits per heavy atom. The molecule has 6 nitrogen and oxygen atoms in total. The van der Waals surface area contributed by atoms with Gasteiger partial charge in [0, 0.05) is 24.7 Å². The van der Waals surface area contributed by atoms with Crippen LogP contribution in [0, 0.1) is 0 Å². The van der Waals surface area contributed by atoms with Gasteiger partial charge in [-0.15, -0.1) is 11.3 Å². The zero-order chi connectivity index (χ0) is 13.6. The van der Waals surface area contributed by atoms with Gasteiger partial charge in [-0.25, -0.2) is 4.98 Å². The highest BCUT2D eigenvalue weighted by Gasteiger charge is 2.16. The third kappa shape index (κ3) is 4.62. The fourth-order valence-electron chi connectivity index (χ4n) is 1.29. The lowest BCUT2D eigenvalue weighted by atomic mass is 10.4. The van der Waals surface area contributed by atoms with Gasteiger partial charge in [-0.05, 0) is 19.4 Å². The van der Waals surface area contributed by atoms with E-state index in [2.05, 4.69) is 9.71 Å². The largest absolute Gasteiger partial charge is 0.330 e. The molecule has 1 aromatic heterocycles. The normalized spacial score (nSPS) is 12.2. The second-order valence-electron chi connectivity index (χ2n) is 3.86. The summed E-state index contributed by atoms with van der Waals surface area (Å²) in [7, 11) is -1.89. The van der Waals surface area contributed by atoms with Crippen LogP contribution in [0.2, 0.25) is 0 Å². The van der Waals surface area contributed by atoms with E-state index in [-0.39, 0.29) is 6.54 Å². The van der Waals surface area contributed by atoms with Crippen LogP contribution in [-0.4, -0.2) is 37.8 Å². The Kier molecular flexibility index (Phi) is 6.16. The quantitative estimate of drug-likeness (QED) is 0.722. The van der Waals surface area contributed by atoms with Crippen LogP contribution in [0.1, 0.15) is 23.2 Å². The molecule has 0 saturated carbocycles. The van der Waals surface area contributed by atoms with Crippen molar-refractivity contribution in [1.82, 2.24) is 14.0 Å². The Morgan fingerprint density at radius 2 is 2.28 bits per heavy atom. The fourth-order valence-corrected chi connectivity index (χ4v) is 3.09. The van der Waals surface area contributed by atoms with E-state index in [0.29, 0.717) is 19.5 Å². The van der Waals surface area contributed by atoms with Crippen molar-refractivity contribution in [2.75, 3.05) is 20.1 Å². The molecule has 18 heavy (non-hydrogen) atoms. The molecule has 1 aromatic rings. The summed E-state index contributed by atoms with van der Waals surface area (Å²) in [6.07, 6.45) is 3.35. The Hall–Kier alpha value is -0.540. The molecule has 8 heteroatoms. The SMILES string of the molecule is CCc1cnc(CNS(=O)(=O)N(C)CCCN)s1. The van der Waals surface area contributed by atoms with E-state index >= 15 is 0 Å². The monoisotopic (exact) mass is 292 g/mol. The summed E-state index contributed by atoms with van der Waals surface area (Å²) in [5, 5.41) is 0.780. The zero-order valence-corrected chi connectivity index (χ0v) is 12.4. The molecule has 0 aliphatic rings. The van der Waals surface area contributed by atoms with Gasteiger partial charge < -0.3 is 5.73 Å². The standard InChI is InChI=1S/C10H20N4O2S2/c1-3-9-7-12-10(17-9)8-13-18(15,16)14(2)6-4-5-11/h7,13H,3-6,8,11H2,1-2H3. The van der Waals surface area contributed by atoms with Crippen LogP contribution in [0.4, 0.5) is 0 Å². The van der Waals surface area contributed by atoms with Crippen LogP contribution in [0.5, 0.6) is 0 Å². The van der Waals surface area contributed by atoms with Crippen molar-refractivity contribution in [2.24, 2.45) is 5.73 Å². The van der Waals surface area contributed by atoms with Crippen LogP contribution >= 0.6 is 11.3 Å². The molecule has 104 valence electrons. The van der Waals surface area contributed by atoms with Crippen molar-refractivity contribution in [2.45, 2.75) is 26.3 Å². The highest BCUT2D eigenvalue weighted by molar-refractivity contribution is 7.87. The summed E-state index contributed by atoms with van der Waals surface area (Å²) in [5.41, 5.74) is 5.35. The predicted octanol–water partition coefficient (Wildman–Crippen LogP) is 0.321. The highest BCUT2D eigenvalue weighted by atomic mass is 32.2.